The van der Waals surface area contributed by atoms with Gasteiger partial charge in [-0.1, -0.05) is 97.1 Å². The molecule has 8 nitrogen and oxygen atoms in total. The highest BCUT2D eigenvalue weighted by Gasteiger charge is 2.30. The van der Waals surface area contributed by atoms with Gasteiger partial charge in [-0.05, 0) is 55.2 Å². The summed E-state index contributed by atoms with van der Waals surface area (Å²) in [6.07, 6.45) is 0. The van der Waals surface area contributed by atoms with Gasteiger partial charge >= 0.3 is 0 Å². The standard InChI is InChI=1S/C40H26O8/c41-27-17-19-9-1-3-11-21(19)29(35(27)43)31-23-13-5-7-15-25(23)33(39(47)37(31)45)34-26-16-8-6-14-24(26)32(38(46)40(34)48)30-22-12-4-2-10-20(22)18-28(42)36(30)44/h1-18,41-48H. The van der Waals surface area contributed by atoms with Gasteiger partial charge < -0.3 is 40.9 Å². The van der Waals surface area contributed by atoms with E-state index in [1.807, 2.05) is 0 Å². The molecule has 8 rings (SSSR count). The van der Waals surface area contributed by atoms with E-state index in [0.717, 1.165) is 0 Å². The molecule has 8 N–H and O–H groups in total. The number of benzene rings is 8. The Morgan fingerprint density at radius 3 is 0.771 bits per heavy atom. The molecule has 8 aromatic carbocycles. The minimum atomic E-state index is -0.645. The Bertz CT molecular complexity index is 2480. The summed E-state index contributed by atoms with van der Waals surface area (Å²) in [5.41, 5.74) is 0.293. The summed E-state index contributed by atoms with van der Waals surface area (Å²) in [4.78, 5) is 0. The number of aromatic hydroxyl groups is 8. The number of hydrogen-bond acceptors (Lipinski definition) is 8. The third kappa shape index (κ3) is 3.89. The molecule has 0 spiro atoms. The fourth-order valence-electron chi connectivity index (χ4n) is 6.98. The van der Waals surface area contributed by atoms with E-state index in [4.69, 9.17) is 0 Å². The van der Waals surface area contributed by atoms with Crippen molar-refractivity contribution in [1.82, 2.24) is 0 Å². The first-order chi connectivity index (χ1) is 23.2. The lowest BCUT2D eigenvalue weighted by Crippen LogP contribution is -1.94. The van der Waals surface area contributed by atoms with Crippen LogP contribution in [0.15, 0.2) is 109 Å². The fraction of sp³-hybridized carbons (Fsp3) is 0. The number of phenols is 8. The van der Waals surface area contributed by atoms with Crippen molar-refractivity contribution in [3.63, 3.8) is 0 Å². The van der Waals surface area contributed by atoms with Gasteiger partial charge in [0.25, 0.3) is 0 Å². The largest absolute Gasteiger partial charge is 0.504 e. The third-order valence-corrected chi connectivity index (χ3v) is 9.08. The Kier molecular flexibility index (Phi) is 6.19. The van der Waals surface area contributed by atoms with Crippen molar-refractivity contribution in [2.75, 3.05) is 0 Å². The Balaban J connectivity index is 1.51. The van der Waals surface area contributed by atoms with Crippen molar-refractivity contribution < 1.29 is 40.9 Å². The second-order valence-corrected chi connectivity index (χ2v) is 11.7. The molecule has 0 atom stereocenters. The Labute approximate surface area is 272 Å². The Morgan fingerprint density at radius 1 is 0.250 bits per heavy atom. The lowest BCUT2D eigenvalue weighted by Gasteiger charge is -2.22. The maximum atomic E-state index is 11.8. The summed E-state index contributed by atoms with van der Waals surface area (Å²) < 4.78 is 0. The molecule has 8 aromatic rings. The van der Waals surface area contributed by atoms with Crippen molar-refractivity contribution in [3.8, 4) is 79.4 Å². The average Bonchev–Trinajstić information content (AvgIpc) is 3.09. The van der Waals surface area contributed by atoms with Gasteiger partial charge in [0, 0.05) is 33.4 Å². The van der Waals surface area contributed by atoms with Gasteiger partial charge in [0.2, 0.25) is 0 Å². The van der Waals surface area contributed by atoms with Gasteiger partial charge in [-0.2, -0.15) is 0 Å². The van der Waals surface area contributed by atoms with E-state index < -0.39 is 46.0 Å². The lowest BCUT2D eigenvalue weighted by atomic mass is 9.84. The molecule has 0 unspecified atom stereocenters. The van der Waals surface area contributed by atoms with Crippen LogP contribution in [0.5, 0.6) is 46.0 Å². The van der Waals surface area contributed by atoms with Crippen LogP contribution in [0.25, 0.3) is 76.5 Å². The first kappa shape index (κ1) is 28.7. The van der Waals surface area contributed by atoms with Crippen LogP contribution in [0.1, 0.15) is 0 Å². The van der Waals surface area contributed by atoms with Crippen LogP contribution in [0.2, 0.25) is 0 Å². The highest BCUT2D eigenvalue weighted by molar-refractivity contribution is 6.21. The van der Waals surface area contributed by atoms with Crippen LogP contribution in [0.3, 0.4) is 0 Å². The van der Waals surface area contributed by atoms with Gasteiger partial charge in [0.1, 0.15) is 0 Å². The number of fused-ring (bicyclic) bond motifs is 4. The number of phenolic OH excluding ortho intramolecular Hbond substituents is 8. The maximum Gasteiger partial charge on any atom is 0.166 e. The van der Waals surface area contributed by atoms with Gasteiger partial charge in [-0.3, -0.25) is 0 Å². The van der Waals surface area contributed by atoms with Crippen molar-refractivity contribution in [2.45, 2.75) is 0 Å². The number of hydrogen-bond donors (Lipinski definition) is 8. The SMILES string of the molecule is Oc1cc2ccccc2c(-c2c(O)c(O)c(-c3c(O)c(O)c(-c4c(O)c(O)cc5ccccc45)c4ccccc34)c3ccccc23)c1O. The first-order valence-corrected chi connectivity index (χ1v) is 15.0. The average molecular weight is 635 g/mol. The second-order valence-electron chi connectivity index (χ2n) is 11.7. The molecule has 0 heterocycles. The van der Waals surface area contributed by atoms with E-state index in [1.165, 1.54) is 12.1 Å². The van der Waals surface area contributed by atoms with E-state index >= 15 is 0 Å². The predicted molar refractivity (Wildman–Crippen MR) is 186 cm³/mol. The summed E-state index contributed by atoms with van der Waals surface area (Å²) in [5, 5.41) is 94.4. The smallest absolute Gasteiger partial charge is 0.166 e. The molecule has 8 heteroatoms. The molecule has 0 amide bonds. The van der Waals surface area contributed by atoms with Crippen LogP contribution in [0, 0.1) is 0 Å². The zero-order valence-corrected chi connectivity index (χ0v) is 25.0. The van der Waals surface area contributed by atoms with Crippen LogP contribution in [-0.4, -0.2) is 40.9 Å². The van der Waals surface area contributed by atoms with Crippen LogP contribution < -0.4 is 0 Å². The minimum Gasteiger partial charge on any atom is -0.504 e. The van der Waals surface area contributed by atoms with E-state index in [-0.39, 0.29) is 33.4 Å². The van der Waals surface area contributed by atoms with Gasteiger partial charge in [0.05, 0.1) is 0 Å². The van der Waals surface area contributed by atoms with Crippen LogP contribution in [-0.2, 0) is 0 Å². The lowest BCUT2D eigenvalue weighted by molar-refractivity contribution is 0.399. The predicted octanol–water partition coefficient (Wildman–Crippen LogP) is 8.95. The Hall–Kier alpha value is -6.80. The molecule has 0 bridgehead atoms. The fourth-order valence-corrected chi connectivity index (χ4v) is 6.98. The van der Waals surface area contributed by atoms with Crippen LogP contribution in [0.4, 0.5) is 0 Å². The molecule has 0 radical (unpaired) electrons. The molecular weight excluding hydrogens is 608 g/mol. The second kappa shape index (κ2) is 10.4. The number of rotatable bonds is 3. The van der Waals surface area contributed by atoms with E-state index in [2.05, 4.69) is 0 Å². The molecule has 48 heavy (non-hydrogen) atoms. The molecule has 234 valence electrons. The quantitative estimate of drug-likeness (QED) is 0.0894. The van der Waals surface area contributed by atoms with Crippen molar-refractivity contribution in [1.29, 1.82) is 0 Å². The van der Waals surface area contributed by atoms with Gasteiger partial charge in [-0.25, -0.2) is 0 Å². The zero-order chi connectivity index (χ0) is 33.4. The van der Waals surface area contributed by atoms with E-state index in [9.17, 15) is 40.9 Å². The summed E-state index contributed by atoms with van der Waals surface area (Å²) in [5.74, 6) is -4.35. The summed E-state index contributed by atoms with van der Waals surface area (Å²) in [6.45, 7) is 0. The highest BCUT2D eigenvalue weighted by atomic mass is 16.3. The van der Waals surface area contributed by atoms with Gasteiger partial charge in [-0.15, -0.1) is 0 Å². The molecule has 0 aliphatic carbocycles. The van der Waals surface area contributed by atoms with E-state index in [0.29, 0.717) is 43.1 Å². The molecule has 0 fully saturated rings. The summed E-state index contributed by atoms with van der Waals surface area (Å²) in [6, 6.07) is 30.3. The van der Waals surface area contributed by atoms with Crippen molar-refractivity contribution in [3.05, 3.63) is 109 Å². The summed E-state index contributed by atoms with van der Waals surface area (Å²) >= 11 is 0. The minimum absolute atomic E-state index is 0.00339. The molecule has 0 aliphatic rings. The molecule has 0 aliphatic heterocycles. The first-order valence-electron chi connectivity index (χ1n) is 15.0. The normalized spacial score (nSPS) is 11.6. The monoisotopic (exact) mass is 634 g/mol. The van der Waals surface area contributed by atoms with Crippen molar-refractivity contribution >= 4 is 43.1 Å². The molecular formula is C40H26O8. The van der Waals surface area contributed by atoms with E-state index in [1.54, 1.807) is 97.1 Å². The Morgan fingerprint density at radius 2 is 0.479 bits per heavy atom. The van der Waals surface area contributed by atoms with Gasteiger partial charge in [0.15, 0.2) is 46.0 Å². The highest BCUT2D eigenvalue weighted by Crippen LogP contribution is 2.59. The zero-order valence-electron chi connectivity index (χ0n) is 25.0. The molecule has 0 aromatic heterocycles. The maximum absolute atomic E-state index is 11.8. The summed E-state index contributed by atoms with van der Waals surface area (Å²) in [7, 11) is 0. The topological polar surface area (TPSA) is 162 Å². The molecule has 0 saturated heterocycles. The third-order valence-electron chi connectivity index (χ3n) is 9.08. The van der Waals surface area contributed by atoms with Crippen molar-refractivity contribution in [2.24, 2.45) is 0 Å². The van der Waals surface area contributed by atoms with Crippen LogP contribution >= 0.6 is 0 Å². The molecule has 0 saturated carbocycles.